The SMILES string of the molecule is CCc1cc(=O)oc2c(C)c(N(CC)CC)ccc12. The Balaban J connectivity index is 2.74. The lowest BCUT2D eigenvalue weighted by molar-refractivity contribution is 0.556. The first kappa shape index (κ1) is 13.7. The molecule has 0 aliphatic rings. The van der Waals surface area contributed by atoms with E-state index < -0.39 is 0 Å². The average Bonchev–Trinajstić information content (AvgIpc) is 2.42. The van der Waals surface area contributed by atoms with Gasteiger partial charge in [-0.25, -0.2) is 4.79 Å². The van der Waals surface area contributed by atoms with Crippen LogP contribution < -0.4 is 10.5 Å². The standard InChI is InChI=1S/C16H21NO2/c1-5-12-10-15(18)19-16-11(4)14(9-8-13(12)16)17(6-2)7-3/h8-10H,5-7H2,1-4H3. The first-order valence-electron chi connectivity index (χ1n) is 6.93. The third-order valence-electron chi connectivity index (χ3n) is 3.70. The summed E-state index contributed by atoms with van der Waals surface area (Å²) in [6.07, 6.45) is 0.839. The van der Waals surface area contributed by atoms with Crippen molar-refractivity contribution in [2.24, 2.45) is 0 Å². The van der Waals surface area contributed by atoms with E-state index in [1.165, 1.54) is 0 Å². The van der Waals surface area contributed by atoms with Crippen LogP contribution in [-0.4, -0.2) is 13.1 Å². The molecule has 2 rings (SSSR count). The van der Waals surface area contributed by atoms with Crippen molar-refractivity contribution in [2.45, 2.75) is 34.1 Å². The maximum atomic E-state index is 11.7. The van der Waals surface area contributed by atoms with E-state index in [4.69, 9.17) is 4.42 Å². The Kier molecular flexibility index (Phi) is 3.93. The highest BCUT2D eigenvalue weighted by molar-refractivity contribution is 5.87. The fraction of sp³-hybridized carbons (Fsp3) is 0.438. The topological polar surface area (TPSA) is 33.5 Å². The van der Waals surface area contributed by atoms with Gasteiger partial charge in [-0.1, -0.05) is 6.92 Å². The normalized spacial score (nSPS) is 10.9. The van der Waals surface area contributed by atoms with Crippen molar-refractivity contribution < 1.29 is 4.42 Å². The number of fused-ring (bicyclic) bond motifs is 1. The zero-order valence-electron chi connectivity index (χ0n) is 12.1. The van der Waals surface area contributed by atoms with Crippen molar-refractivity contribution in [1.29, 1.82) is 0 Å². The minimum atomic E-state index is -0.260. The molecule has 3 heteroatoms. The summed E-state index contributed by atoms with van der Waals surface area (Å²) in [5.74, 6) is 0. The van der Waals surface area contributed by atoms with Gasteiger partial charge < -0.3 is 9.32 Å². The minimum Gasteiger partial charge on any atom is -0.422 e. The minimum absolute atomic E-state index is 0.260. The Morgan fingerprint density at radius 1 is 1.16 bits per heavy atom. The van der Waals surface area contributed by atoms with Crippen molar-refractivity contribution in [3.63, 3.8) is 0 Å². The van der Waals surface area contributed by atoms with Crippen molar-refractivity contribution in [1.82, 2.24) is 0 Å². The Hall–Kier alpha value is -1.77. The van der Waals surface area contributed by atoms with E-state index in [-0.39, 0.29) is 5.63 Å². The summed E-state index contributed by atoms with van der Waals surface area (Å²) < 4.78 is 5.43. The molecule has 0 aliphatic heterocycles. The second-order valence-corrected chi connectivity index (χ2v) is 4.70. The maximum Gasteiger partial charge on any atom is 0.336 e. The Labute approximate surface area is 113 Å². The maximum absolute atomic E-state index is 11.7. The lowest BCUT2D eigenvalue weighted by atomic mass is 10.0. The molecule has 102 valence electrons. The zero-order valence-corrected chi connectivity index (χ0v) is 12.1. The second kappa shape index (κ2) is 5.47. The van der Waals surface area contributed by atoms with Crippen LogP contribution in [0.25, 0.3) is 11.0 Å². The van der Waals surface area contributed by atoms with E-state index in [0.717, 1.165) is 47.3 Å². The molecule has 3 nitrogen and oxygen atoms in total. The molecule has 0 unspecified atom stereocenters. The smallest absolute Gasteiger partial charge is 0.336 e. The molecule has 19 heavy (non-hydrogen) atoms. The highest BCUT2D eigenvalue weighted by Crippen LogP contribution is 2.29. The van der Waals surface area contributed by atoms with Gasteiger partial charge in [-0.15, -0.1) is 0 Å². The van der Waals surface area contributed by atoms with Gasteiger partial charge in [-0.2, -0.15) is 0 Å². The van der Waals surface area contributed by atoms with Crippen LogP contribution in [0, 0.1) is 6.92 Å². The molecule has 1 aromatic heterocycles. The second-order valence-electron chi connectivity index (χ2n) is 4.70. The fourth-order valence-electron chi connectivity index (χ4n) is 2.62. The van der Waals surface area contributed by atoms with Crippen molar-refractivity contribution in [3.8, 4) is 0 Å². The molecule has 1 aromatic carbocycles. The molecule has 0 bridgehead atoms. The van der Waals surface area contributed by atoms with Crippen LogP contribution in [0.15, 0.2) is 27.4 Å². The van der Waals surface area contributed by atoms with Gasteiger partial charge in [0.15, 0.2) is 0 Å². The monoisotopic (exact) mass is 259 g/mol. The van der Waals surface area contributed by atoms with Gasteiger partial charge in [-0.3, -0.25) is 0 Å². The molecule has 0 N–H and O–H groups in total. The highest BCUT2D eigenvalue weighted by Gasteiger charge is 2.12. The van der Waals surface area contributed by atoms with E-state index in [9.17, 15) is 4.79 Å². The van der Waals surface area contributed by atoms with Gasteiger partial charge in [0.25, 0.3) is 0 Å². The van der Waals surface area contributed by atoms with Gasteiger partial charge in [0.05, 0.1) is 0 Å². The molecular formula is C16H21NO2. The van der Waals surface area contributed by atoms with Gasteiger partial charge >= 0.3 is 5.63 Å². The zero-order chi connectivity index (χ0) is 14.0. The number of hydrogen-bond acceptors (Lipinski definition) is 3. The summed E-state index contributed by atoms with van der Waals surface area (Å²) >= 11 is 0. The number of hydrogen-bond donors (Lipinski definition) is 0. The number of benzene rings is 1. The molecule has 0 amide bonds. The van der Waals surface area contributed by atoms with Gasteiger partial charge in [0.2, 0.25) is 0 Å². The van der Waals surface area contributed by atoms with Crippen LogP contribution in [-0.2, 0) is 6.42 Å². The summed E-state index contributed by atoms with van der Waals surface area (Å²) in [5, 5.41) is 1.05. The number of rotatable bonds is 4. The van der Waals surface area contributed by atoms with Crippen LogP contribution in [0.2, 0.25) is 0 Å². The molecule has 0 aliphatic carbocycles. The predicted octanol–water partition coefficient (Wildman–Crippen LogP) is 3.51. The van der Waals surface area contributed by atoms with E-state index in [0.29, 0.717) is 0 Å². The molecule has 0 saturated carbocycles. The van der Waals surface area contributed by atoms with Crippen LogP contribution in [0.3, 0.4) is 0 Å². The van der Waals surface area contributed by atoms with Gasteiger partial charge in [0.1, 0.15) is 5.58 Å². The van der Waals surface area contributed by atoms with E-state index in [1.54, 1.807) is 6.07 Å². The molecule has 0 atom stereocenters. The van der Waals surface area contributed by atoms with Crippen molar-refractivity contribution >= 4 is 16.7 Å². The molecule has 0 fully saturated rings. The largest absolute Gasteiger partial charge is 0.422 e. The molecule has 0 saturated heterocycles. The first-order valence-corrected chi connectivity index (χ1v) is 6.93. The van der Waals surface area contributed by atoms with Crippen LogP contribution in [0.1, 0.15) is 31.9 Å². The van der Waals surface area contributed by atoms with E-state index in [1.807, 2.05) is 6.92 Å². The Morgan fingerprint density at radius 3 is 2.42 bits per heavy atom. The van der Waals surface area contributed by atoms with Crippen LogP contribution >= 0.6 is 0 Å². The van der Waals surface area contributed by atoms with Crippen molar-refractivity contribution in [2.75, 3.05) is 18.0 Å². The number of anilines is 1. The lowest BCUT2D eigenvalue weighted by Gasteiger charge is -2.23. The predicted molar refractivity (Wildman–Crippen MR) is 80.2 cm³/mol. The van der Waals surface area contributed by atoms with E-state index in [2.05, 4.69) is 37.8 Å². The summed E-state index contributed by atoms with van der Waals surface area (Å²) in [6, 6.07) is 5.79. The molecule has 0 spiro atoms. The van der Waals surface area contributed by atoms with Gasteiger partial charge in [0, 0.05) is 35.8 Å². The van der Waals surface area contributed by atoms with Gasteiger partial charge in [-0.05, 0) is 44.9 Å². The first-order chi connectivity index (χ1) is 9.12. The summed E-state index contributed by atoms with van der Waals surface area (Å²) in [5.41, 5.74) is 3.72. The fourth-order valence-corrected chi connectivity index (χ4v) is 2.62. The quantitative estimate of drug-likeness (QED) is 0.788. The highest BCUT2D eigenvalue weighted by atomic mass is 16.4. The van der Waals surface area contributed by atoms with Crippen LogP contribution in [0.4, 0.5) is 5.69 Å². The lowest BCUT2D eigenvalue weighted by Crippen LogP contribution is -2.22. The third kappa shape index (κ3) is 2.37. The van der Waals surface area contributed by atoms with Crippen molar-refractivity contribution in [3.05, 3.63) is 39.7 Å². The molecule has 2 aromatic rings. The molecule has 1 heterocycles. The summed E-state index contributed by atoms with van der Waals surface area (Å²) in [7, 11) is 0. The summed E-state index contributed by atoms with van der Waals surface area (Å²) in [6.45, 7) is 10.2. The van der Waals surface area contributed by atoms with Crippen LogP contribution in [0.5, 0.6) is 0 Å². The molecule has 0 radical (unpaired) electrons. The third-order valence-corrected chi connectivity index (χ3v) is 3.70. The number of nitrogens with zero attached hydrogens (tertiary/aromatic N) is 1. The van der Waals surface area contributed by atoms with E-state index >= 15 is 0 Å². The Bertz CT molecular complexity index is 639. The summed E-state index contributed by atoms with van der Waals surface area (Å²) in [4.78, 5) is 13.9. The average molecular weight is 259 g/mol. The Morgan fingerprint density at radius 2 is 1.84 bits per heavy atom. The molecular weight excluding hydrogens is 238 g/mol. The number of aryl methyl sites for hydroxylation is 2.